The molecule has 0 aliphatic carbocycles. The van der Waals surface area contributed by atoms with Crippen LogP contribution >= 0.6 is 0 Å². The van der Waals surface area contributed by atoms with Crippen LogP contribution in [0.2, 0.25) is 0 Å². The monoisotopic (exact) mass is 386 g/mol. The molecule has 1 N–H and O–H groups in total. The van der Waals surface area contributed by atoms with E-state index in [1.807, 2.05) is 44.2 Å². The molecule has 0 aliphatic heterocycles. The fraction of sp³-hybridized carbons (Fsp3) is 0.364. The number of likely N-dealkylation sites (N-methyl/N-ethyl adjacent to an activating group) is 1. The Morgan fingerprint density at radius 3 is 2.32 bits per heavy atom. The highest BCUT2D eigenvalue weighted by molar-refractivity contribution is 5.97. The third-order valence-corrected chi connectivity index (χ3v) is 4.35. The van der Waals surface area contributed by atoms with E-state index in [9.17, 15) is 14.0 Å². The highest BCUT2D eigenvalue weighted by atomic mass is 19.1. The Labute approximate surface area is 165 Å². The zero-order chi connectivity index (χ0) is 20.5. The quantitative estimate of drug-likeness (QED) is 0.671. The number of carbonyl (C=O) groups excluding carboxylic acids is 2. The molecule has 150 valence electrons. The lowest BCUT2D eigenvalue weighted by Gasteiger charge is -2.27. The Bertz CT molecular complexity index is 763. The van der Waals surface area contributed by atoms with Gasteiger partial charge in [-0.05, 0) is 48.7 Å². The number of carbonyl (C=O) groups is 2. The van der Waals surface area contributed by atoms with Gasteiger partial charge in [-0.15, -0.1) is 0 Å². The van der Waals surface area contributed by atoms with Gasteiger partial charge in [0.25, 0.3) is 5.91 Å². The third kappa shape index (κ3) is 6.37. The molecular weight excluding hydrogens is 359 g/mol. The summed E-state index contributed by atoms with van der Waals surface area (Å²) in [4.78, 5) is 26.8. The molecule has 5 nitrogen and oxygen atoms in total. The van der Waals surface area contributed by atoms with E-state index in [2.05, 4.69) is 5.32 Å². The molecule has 2 amide bonds. The van der Waals surface area contributed by atoms with Crippen molar-refractivity contribution in [3.8, 4) is 5.75 Å². The number of hydrogen-bond donors (Lipinski definition) is 1. The van der Waals surface area contributed by atoms with Gasteiger partial charge < -0.3 is 15.0 Å². The topological polar surface area (TPSA) is 58.6 Å². The molecule has 2 aromatic carbocycles. The highest BCUT2D eigenvalue weighted by Gasteiger charge is 2.27. The summed E-state index contributed by atoms with van der Waals surface area (Å²) in [6.07, 6.45) is 0.674. The minimum absolute atomic E-state index is 0.0834. The minimum Gasteiger partial charge on any atom is -0.494 e. The highest BCUT2D eigenvalue weighted by Crippen LogP contribution is 2.11. The predicted octanol–water partition coefficient (Wildman–Crippen LogP) is 3.51. The molecule has 0 aliphatic rings. The van der Waals surface area contributed by atoms with Gasteiger partial charge in [-0.3, -0.25) is 9.59 Å². The van der Waals surface area contributed by atoms with E-state index in [-0.39, 0.29) is 11.8 Å². The van der Waals surface area contributed by atoms with Crippen LogP contribution in [-0.4, -0.2) is 43.0 Å². The van der Waals surface area contributed by atoms with Gasteiger partial charge in [-0.2, -0.15) is 0 Å². The number of nitrogens with zero attached hydrogens (tertiary/aromatic N) is 1. The van der Waals surface area contributed by atoms with Crippen LogP contribution in [0.15, 0.2) is 54.6 Å². The van der Waals surface area contributed by atoms with Crippen molar-refractivity contribution in [3.63, 3.8) is 0 Å². The van der Waals surface area contributed by atoms with E-state index in [1.165, 1.54) is 24.3 Å². The molecule has 0 bridgehead atoms. The molecule has 0 saturated heterocycles. The second-order valence-corrected chi connectivity index (χ2v) is 6.98. The first-order valence-corrected chi connectivity index (χ1v) is 9.37. The van der Waals surface area contributed by atoms with Crippen molar-refractivity contribution in [2.24, 2.45) is 5.92 Å². The molecule has 0 fully saturated rings. The van der Waals surface area contributed by atoms with Crippen molar-refractivity contribution < 1.29 is 18.7 Å². The number of ether oxygens (including phenoxy) is 1. The van der Waals surface area contributed by atoms with Crippen molar-refractivity contribution in [2.75, 3.05) is 20.2 Å². The molecule has 0 spiro atoms. The molecule has 0 radical (unpaired) electrons. The maximum atomic E-state index is 13.0. The summed E-state index contributed by atoms with van der Waals surface area (Å²) in [7, 11) is 1.71. The lowest BCUT2D eigenvalue weighted by atomic mass is 10.0. The van der Waals surface area contributed by atoms with Crippen LogP contribution in [0.3, 0.4) is 0 Å². The Kier molecular flexibility index (Phi) is 7.99. The molecule has 2 aromatic rings. The van der Waals surface area contributed by atoms with E-state index < -0.39 is 17.8 Å². The summed E-state index contributed by atoms with van der Waals surface area (Å²) in [6.45, 7) is 4.76. The average molecular weight is 386 g/mol. The van der Waals surface area contributed by atoms with Gasteiger partial charge in [0, 0.05) is 19.2 Å². The average Bonchev–Trinajstić information content (AvgIpc) is 2.69. The summed E-state index contributed by atoms with van der Waals surface area (Å²) < 4.78 is 18.7. The van der Waals surface area contributed by atoms with Crippen molar-refractivity contribution in [1.29, 1.82) is 0 Å². The van der Waals surface area contributed by atoms with Gasteiger partial charge in [-0.1, -0.05) is 32.0 Å². The number of benzene rings is 2. The van der Waals surface area contributed by atoms with Crippen LogP contribution in [0.5, 0.6) is 5.75 Å². The number of nitrogens with one attached hydrogen (secondary N) is 1. The first-order valence-electron chi connectivity index (χ1n) is 9.37. The number of amides is 2. The number of halogens is 1. The van der Waals surface area contributed by atoms with Crippen molar-refractivity contribution in [1.82, 2.24) is 10.2 Å². The predicted molar refractivity (Wildman–Crippen MR) is 107 cm³/mol. The molecule has 2 rings (SSSR count). The second kappa shape index (κ2) is 10.4. The maximum Gasteiger partial charge on any atom is 0.251 e. The zero-order valence-corrected chi connectivity index (χ0v) is 16.5. The van der Waals surface area contributed by atoms with Gasteiger partial charge in [0.1, 0.15) is 17.6 Å². The lowest BCUT2D eigenvalue weighted by molar-refractivity contribution is -0.133. The summed E-state index contributed by atoms with van der Waals surface area (Å²) in [5, 5.41) is 2.77. The molecular formula is C22H27FN2O3. The Morgan fingerprint density at radius 2 is 1.71 bits per heavy atom. The fourth-order valence-electron chi connectivity index (χ4n) is 2.70. The van der Waals surface area contributed by atoms with E-state index in [4.69, 9.17) is 4.74 Å². The standard InChI is InChI=1S/C22H27FN2O3/c1-16(2)20(24-21(26)17-10-12-18(23)13-11-17)22(27)25(3)14-7-15-28-19-8-5-4-6-9-19/h4-6,8-13,16,20H,7,14-15H2,1-3H3,(H,24,26). The third-order valence-electron chi connectivity index (χ3n) is 4.35. The largest absolute Gasteiger partial charge is 0.494 e. The van der Waals surface area contributed by atoms with Crippen LogP contribution < -0.4 is 10.1 Å². The van der Waals surface area contributed by atoms with Crippen molar-refractivity contribution in [3.05, 3.63) is 66.0 Å². The molecule has 0 heterocycles. The molecule has 0 aromatic heterocycles. The van der Waals surface area contributed by atoms with Crippen molar-refractivity contribution >= 4 is 11.8 Å². The molecule has 1 unspecified atom stereocenters. The van der Waals surface area contributed by atoms with E-state index in [0.717, 1.165) is 5.75 Å². The maximum absolute atomic E-state index is 13.0. The second-order valence-electron chi connectivity index (χ2n) is 6.98. The first-order chi connectivity index (χ1) is 13.4. The Balaban J connectivity index is 1.86. The van der Waals surface area contributed by atoms with Crippen LogP contribution in [0.4, 0.5) is 4.39 Å². The lowest BCUT2D eigenvalue weighted by Crippen LogP contribution is -2.50. The van der Waals surface area contributed by atoms with Gasteiger partial charge in [0.05, 0.1) is 6.61 Å². The van der Waals surface area contributed by atoms with Crippen LogP contribution in [0.25, 0.3) is 0 Å². The number of para-hydroxylation sites is 1. The summed E-state index contributed by atoms with van der Waals surface area (Å²) in [5.41, 5.74) is 0.318. The summed E-state index contributed by atoms with van der Waals surface area (Å²) in [6, 6.07) is 14.1. The van der Waals surface area contributed by atoms with Crippen LogP contribution in [0.1, 0.15) is 30.6 Å². The fourth-order valence-corrected chi connectivity index (χ4v) is 2.70. The molecule has 28 heavy (non-hydrogen) atoms. The van der Waals surface area contributed by atoms with Crippen molar-refractivity contribution in [2.45, 2.75) is 26.3 Å². The van der Waals surface area contributed by atoms with Gasteiger partial charge in [0.2, 0.25) is 5.91 Å². The van der Waals surface area contributed by atoms with Crippen LogP contribution in [0, 0.1) is 11.7 Å². The number of hydrogen-bond acceptors (Lipinski definition) is 3. The molecule has 6 heteroatoms. The van der Waals surface area contributed by atoms with E-state index in [0.29, 0.717) is 25.1 Å². The normalized spacial score (nSPS) is 11.8. The summed E-state index contributed by atoms with van der Waals surface area (Å²) in [5.74, 6) is -0.258. The Morgan fingerprint density at radius 1 is 1.07 bits per heavy atom. The summed E-state index contributed by atoms with van der Waals surface area (Å²) >= 11 is 0. The van der Waals surface area contributed by atoms with E-state index in [1.54, 1.807) is 11.9 Å². The van der Waals surface area contributed by atoms with Gasteiger partial charge in [0.15, 0.2) is 0 Å². The zero-order valence-electron chi connectivity index (χ0n) is 16.5. The minimum atomic E-state index is -0.655. The molecule has 1 atom stereocenters. The van der Waals surface area contributed by atoms with Gasteiger partial charge >= 0.3 is 0 Å². The smallest absolute Gasteiger partial charge is 0.251 e. The SMILES string of the molecule is CC(C)C(NC(=O)c1ccc(F)cc1)C(=O)N(C)CCCOc1ccccc1. The van der Waals surface area contributed by atoms with E-state index >= 15 is 0 Å². The number of rotatable bonds is 9. The Hall–Kier alpha value is -2.89. The van der Waals surface area contributed by atoms with Gasteiger partial charge in [-0.25, -0.2) is 4.39 Å². The van der Waals surface area contributed by atoms with Crippen LogP contribution in [-0.2, 0) is 4.79 Å². The first kappa shape index (κ1) is 21.4. The molecule has 0 saturated carbocycles.